The maximum Gasteiger partial charge on any atom is 0.364 e. The van der Waals surface area contributed by atoms with Crippen molar-refractivity contribution in [1.82, 2.24) is 10.6 Å². The van der Waals surface area contributed by atoms with Crippen LogP contribution in [0, 0.1) is 0 Å². The Morgan fingerprint density at radius 2 is 1.21 bits per heavy atom. The van der Waals surface area contributed by atoms with Gasteiger partial charge in [0.05, 0.1) is 45.2 Å². The number of carbonyl (C=O) groups is 4. The molecule has 0 radical (unpaired) electrons. The van der Waals surface area contributed by atoms with Crippen LogP contribution in [0.25, 0.3) is 0 Å². The molecule has 2 amide bonds. The number of aliphatic hydroxyl groups excluding tert-OH is 16. The molecule has 4 aliphatic rings. The molecule has 4 fully saturated rings. The average molecular weight is 999 g/mol. The summed E-state index contributed by atoms with van der Waals surface area (Å²) in [5, 5.41) is 184. The molecule has 394 valence electrons. The molecular formula is C37H62N2O29. The van der Waals surface area contributed by atoms with Gasteiger partial charge in [-0.15, -0.1) is 0 Å². The summed E-state index contributed by atoms with van der Waals surface area (Å²) >= 11 is 0. The predicted octanol–water partition coefficient (Wildman–Crippen LogP) is -12.6. The highest BCUT2D eigenvalue weighted by Crippen LogP contribution is 2.37. The second-order valence-corrected chi connectivity index (χ2v) is 16.5. The van der Waals surface area contributed by atoms with Crippen LogP contribution in [0.5, 0.6) is 0 Å². The second-order valence-electron chi connectivity index (χ2n) is 16.5. The van der Waals surface area contributed by atoms with Crippen molar-refractivity contribution < 1.29 is 144 Å². The Kier molecular flexibility index (Phi) is 21.2. The molecule has 0 aromatic carbocycles. The summed E-state index contributed by atoms with van der Waals surface area (Å²) in [7, 11) is 0. The van der Waals surface area contributed by atoms with Gasteiger partial charge in [-0.25, -0.2) is 4.79 Å². The molecule has 4 aliphatic heterocycles. The van der Waals surface area contributed by atoms with Crippen molar-refractivity contribution in [1.29, 1.82) is 0 Å². The average Bonchev–Trinajstić information content (AvgIpc) is 3.30. The number of hydrogen-bond acceptors (Lipinski definition) is 28. The van der Waals surface area contributed by atoms with E-state index in [-0.39, 0.29) is 6.29 Å². The minimum Gasteiger partial charge on any atom is -0.477 e. The number of rotatable bonds is 22. The quantitative estimate of drug-likeness (QED) is 0.0448. The Labute approximate surface area is 384 Å². The number of carbonyl (C=O) groups excluding carboxylic acids is 3. The van der Waals surface area contributed by atoms with Crippen molar-refractivity contribution in [2.24, 2.45) is 0 Å². The summed E-state index contributed by atoms with van der Waals surface area (Å²) in [5.41, 5.74) is 0. The van der Waals surface area contributed by atoms with Crippen molar-refractivity contribution >= 4 is 24.1 Å². The van der Waals surface area contributed by atoms with Crippen LogP contribution >= 0.6 is 0 Å². The van der Waals surface area contributed by atoms with Gasteiger partial charge in [0, 0.05) is 20.3 Å². The van der Waals surface area contributed by atoms with Crippen LogP contribution in [0.2, 0.25) is 0 Å². The smallest absolute Gasteiger partial charge is 0.364 e. The number of aldehydes is 1. The van der Waals surface area contributed by atoms with Crippen LogP contribution in [0.15, 0.2) is 0 Å². The van der Waals surface area contributed by atoms with E-state index in [0.717, 1.165) is 13.8 Å². The normalized spacial score (nSPS) is 41.6. The first-order valence-electron chi connectivity index (χ1n) is 21.0. The molecule has 19 N–H and O–H groups in total. The first-order chi connectivity index (χ1) is 31.9. The van der Waals surface area contributed by atoms with Gasteiger partial charge in [0.15, 0.2) is 25.2 Å². The van der Waals surface area contributed by atoms with Gasteiger partial charge < -0.3 is 140 Å². The maximum atomic E-state index is 13.0. The van der Waals surface area contributed by atoms with E-state index in [4.69, 9.17) is 37.9 Å². The number of amides is 2. The van der Waals surface area contributed by atoms with E-state index in [9.17, 15) is 106 Å². The Hall–Kier alpha value is -2.88. The first-order valence-corrected chi connectivity index (χ1v) is 21.0. The Morgan fingerprint density at radius 1 is 0.676 bits per heavy atom. The van der Waals surface area contributed by atoms with E-state index in [1.807, 2.05) is 0 Å². The molecule has 31 nitrogen and oxygen atoms in total. The fourth-order valence-corrected chi connectivity index (χ4v) is 7.96. The van der Waals surface area contributed by atoms with Crippen molar-refractivity contribution in [3.8, 4) is 0 Å². The first kappa shape index (κ1) is 57.7. The van der Waals surface area contributed by atoms with Crippen LogP contribution < -0.4 is 10.6 Å². The third-order valence-electron chi connectivity index (χ3n) is 11.6. The summed E-state index contributed by atoms with van der Waals surface area (Å²) in [6, 6.07) is -3.58. The Morgan fingerprint density at radius 3 is 1.75 bits per heavy atom. The van der Waals surface area contributed by atoms with Gasteiger partial charge in [0.1, 0.15) is 116 Å². The third-order valence-corrected chi connectivity index (χ3v) is 11.6. The Bertz CT molecular complexity index is 1640. The van der Waals surface area contributed by atoms with Crippen molar-refractivity contribution in [3.63, 3.8) is 0 Å². The van der Waals surface area contributed by atoms with E-state index in [2.05, 4.69) is 10.6 Å². The minimum atomic E-state index is -3.08. The molecule has 31 heteroatoms. The summed E-state index contributed by atoms with van der Waals surface area (Å²) < 4.78 is 45.3. The number of aliphatic carboxylic acids is 1. The number of carboxylic acids is 1. The van der Waals surface area contributed by atoms with Crippen molar-refractivity contribution in [3.05, 3.63) is 0 Å². The van der Waals surface area contributed by atoms with E-state index in [1.54, 1.807) is 0 Å². The number of ether oxygens (including phenoxy) is 8. The maximum absolute atomic E-state index is 13.0. The zero-order chi connectivity index (χ0) is 51.1. The molecule has 0 bridgehead atoms. The zero-order valence-electron chi connectivity index (χ0n) is 36.2. The van der Waals surface area contributed by atoms with Gasteiger partial charge in [0.2, 0.25) is 11.8 Å². The highest BCUT2D eigenvalue weighted by atomic mass is 16.8. The fraction of sp³-hybridized carbons (Fsp3) is 0.892. The molecule has 0 unspecified atom stereocenters. The molecule has 0 aromatic heterocycles. The van der Waals surface area contributed by atoms with Gasteiger partial charge in [-0.1, -0.05) is 0 Å². The number of hydrogen-bond donors (Lipinski definition) is 19. The topological polar surface area (TPSA) is 510 Å². The largest absolute Gasteiger partial charge is 0.477 e. The van der Waals surface area contributed by atoms with Crippen molar-refractivity contribution in [2.75, 3.05) is 33.0 Å². The van der Waals surface area contributed by atoms with Gasteiger partial charge in [-0.3, -0.25) is 9.59 Å². The van der Waals surface area contributed by atoms with Crippen LogP contribution in [0.3, 0.4) is 0 Å². The standard InChI is InChI=1S/C37H62N2O29/c1-10(45)38-19-12(47)3-37(36(59)60,68-31(19)22(52)14(49)5-41)61-9-18-25(55)30(66-34-27(57)26(56)23(53)16(7-43)62-34)20(39-11(2)46)33(64-18)67-32-24(54)17(8-44)63-35(28(32)58)65-29(15(50)6-42)21(51)13(48)4-40/h4,12-35,41-44,47-58H,3,5-9H2,1-2H3,(H,38,45)(H,39,46)(H,59,60)/t12-,13-,14+,15+,16+,17+,18+,19+,20+,21+,22+,23-,24-,25+,26-,27+,28+,29+,30+,31+,32-,33-,34-,35-,37+/m0/s1. The van der Waals surface area contributed by atoms with Crippen LogP contribution in [-0.4, -0.2) is 297 Å². The van der Waals surface area contributed by atoms with Gasteiger partial charge in [0.25, 0.3) is 5.79 Å². The highest BCUT2D eigenvalue weighted by molar-refractivity contribution is 5.76. The highest BCUT2D eigenvalue weighted by Gasteiger charge is 2.59. The fourth-order valence-electron chi connectivity index (χ4n) is 7.96. The molecule has 4 heterocycles. The molecular weight excluding hydrogens is 936 g/mol. The number of carboxylic acid groups (broad SMARTS) is 1. The van der Waals surface area contributed by atoms with E-state index in [0.29, 0.717) is 0 Å². The zero-order valence-corrected chi connectivity index (χ0v) is 36.2. The monoisotopic (exact) mass is 998 g/mol. The number of nitrogens with one attached hydrogen (secondary N) is 2. The lowest BCUT2D eigenvalue weighted by Crippen LogP contribution is -2.71. The van der Waals surface area contributed by atoms with E-state index in [1.165, 1.54) is 0 Å². The lowest BCUT2D eigenvalue weighted by atomic mass is 9.88. The summed E-state index contributed by atoms with van der Waals surface area (Å²) in [5.74, 6) is -6.89. The van der Waals surface area contributed by atoms with E-state index < -0.39 is 210 Å². The van der Waals surface area contributed by atoms with Crippen LogP contribution in [0.4, 0.5) is 0 Å². The molecule has 25 atom stereocenters. The van der Waals surface area contributed by atoms with Gasteiger partial charge in [-0.2, -0.15) is 0 Å². The molecule has 4 saturated heterocycles. The summed E-state index contributed by atoms with van der Waals surface area (Å²) in [6.45, 7) is -3.69. The van der Waals surface area contributed by atoms with Crippen LogP contribution in [-0.2, 0) is 57.1 Å². The predicted molar refractivity (Wildman–Crippen MR) is 208 cm³/mol. The van der Waals surface area contributed by atoms with Crippen molar-refractivity contribution in [2.45, 2.75) is 173 Å². The van der Waals surface area contributed by atoms with Crippen LogP contribution in [0.1, 0.15) is 20.3 Å². The van der Waals surface area contributed by atoms with Gasteiger partial charge >= 0.3 is 5.97 Å². The second kappa shape index (κ2) is 25.0. The molecule has 4 rings (SSSR count). The summed E-state index contributed by atoms with van der Waals surface area (Å²) in [4.78, 5) is 49.0. The molecule has 0 aliphatic carbocycles. The molecule has 0 aromatic rings. The van der Waals surface area contributed by atoms with E-state index >= 15 is 0 Å². The summed E-state index contributed by atoms with van der Waals surface area (Å²) in [6.07, 6.45) is -47.6. The molecule has 0 saturated carbocycles. The molecule has 68 heavy (non-hydrogen) atoms. The Balaban J connectivity index is 1.79. The SMILES string of the molecule is CC(=O)N[C@H]1[C@H](O[C@H]2[C@@H](O)[C@@H](CO)O[C@@H](O[C@@H]([C@H](O)[C@@H](O)C=O)[C@H](O)CO)[C@@H]2O)O[C@H](CO[C@]2(C(=O)O)C[C@H](O)[C@@H](NC(C)=O)[C@H]([C@H](O)[C@H](O)CO)O2)[C@@H](O)[C@@H]1O[C@@H]1O[C@H](CO)[C@H](O)[C@H](O)[C@H]1O. The minimum absolute atomic E-state index is 0.165. The third kappa shape index (κ3) is 13.0. The molecule has 0 spiro atoms. The lowest BCUT2D eigenvalue weighted by Gasteiger charge is -2.50. The number of aliphatic hydroxyl groups is 16. The van der Waals surface area contributed by atoms with Gasteiger partial charge in [-0.05, 0) is 0 Å². The lowest BCUT2D eigenvalue weighted by molar-refractivity contribution is -0.376.